The van der Waals surface area contributed by atoms with Gasteiger partial charge in [0.1, 0.15) is 0 Å². The lowest BCUT2D eigenvalue weighted by molar-refractivity contribution is 0.453. The highest BCUT2D eigenvalue weighted by Gasteiger charge is 2.14. The van der Waals surface area contributed by atoms with Crippen LogP contribution in [-0.4, -0.2) is 12.6 Å². The Labute approximate surface area is 76.9 Å². The Hall–Kier alpha value is -0.0400. The van der Waals surface area contributed by atoms with E-state index in [1.165, 1.54) is 45.1 Å². The summed E-state index contributed by atoms with van der Waals surface area (Å²) in [7, 11) is 0. The molecule has 2 atom stereocenters. The van der Waals surface area contributed by atoms with Crippen LogP contribution in [0.2, 0.25) is 0 Å². The van der Waals surface area contributed by atoms with Crippen LogP contribution in [0.5, 0.6) is 0 Å². The second-order valence-corrected chi connectivity index (χ2v) is 4.26. The summed E-state index contributed by atoms with van der Waals surface area (Å²) in [6.45, 7) is 5.90. The van der Waals surface area contributed by atoms with Crippen molar-refractivity contribution in [1.82, 2.24) is 5.32 Å². The van der Waals surface area contributed by atoms with Crippen LogP contribution in [-0.2, 0) is 0 Å². The predicted molar refractivity (Wildman–Crippen MR) is 54.3 cm³/mol. The van der Waals surface area contributed by atoms with Gasteiger partial charge in [-0.1, -0.05) is 26.7 Å². The lowest BCUT2D eigenvalue weighted by Crippen LogP contribution is -2.27. The maximum absolute atomic E-state index is 3.65. The molecule has 1 nitrogen and oxygen atoms in total. The molecule has 1 unspecified atom stereocenters. The second kappa shape index (κ2) is 5.58. The van der Waals surface area contributed by atoms with Gasteiger partial charge in [0, 0.05) is 6.04 Å². The molecule has 0 bridgehead atoms. The van der Waals surface area contributed by atoms with E-state index in [1.807, 2.05) is 0 Å². The van der Waals surface area contributed by atoms with Gasteiger partial charge in [0.15, 0.2) is 0 Å². The average molecular weight is 169 g/mol. The zero-order valence-corrected chi connectivity index (χ0v) is 8.60. The third-order valence-electron chi connectivity index (χ3n) is 2.98. The molecule has 1 heterocycles. The highest BCUT2D eigenvalue weighted by molar-refractivity contribution is 4.73. The van der Waals surface area contributed by atoms with Crippen molar-refractivity contribution >= 4 is 0 Å². The van der Waals surface area contributed by atoms with Crippen LogP contribution >= 0.6 is 0 Å². The zero-order valence-electron chi connectivity index (χ0n) is 8.60. The molecule has 0 saturated carbocycles. The predicted octanol–water partition coefficient (Wildman–Crippen LogP) is 2.95. The van der Waals surface area contributed by atoms with Crippen LogP contribution in [0.25, 0.3) is 0 Å². The van der Waals surface area contributed by atoms with Gasteiger partial charge in [0.05, 0.1) is 0 Å². The first-order valence-electron chi connectivity index (χ1n) is 5.56. The smallest absolute Gasteiger partial charge is 0.00671 e. The first kappa shape index (κ1) is 10.0. The van der Waals surface area contributed by atoms with Gasteiger partial charge in [-0.05, 0) is 38.1 Å². The van der Waals surface area contributed by atoms with Crippen molar-refractivity contribution in [2.24, 2.45) is 5.92 Å². The van der Waals surface area contributed by atoms with E-state index in [0.29, 0.717) is 0 Å². The Bertz CT molecular complexity index is 110. The fourth-order valence-electron chi connectivity index (χ4n) is 1.96. The van der Waals surface area contributed by atoms with Crippen LogP contribution in [0, 0.1) is 5.92 Å². The lowest BCUT2D eigenvalue weighted by atomic mass is 9.99. The fraction of sp³-hybridized carbons (Fsp3) is 1.00. The van der Waals surface area contributed by atoms with Crippen LogP contribution in [0.15, 0.2) is 0 Å². The van der Waals surface area contributed by atoms with Gasteiger partial charge in [-0.15, -0.1) is 0 Å². The van der Waals surface area contributed by atoms with Crippen molar-refractivity contribution in [3.05, 3.63) is 0 Å². The minimum absolute atomic E-state index is 0.829. The van der Waals surface area contributed by atoms with E-state index in [-0.39, 0.29) is 0 Å². The van der Waals surface area contributed by atoms with Crippen LogP contribution < -0.4 is 5.32 Å². The summed E-state index contributed by atoms with van der Waals surface area (Å²) in [6, 6.07) is 0.829. The number of unbranched alkanes of at least 4 members (excludes halogenated alkanes) is 1. The van der Waals surface area contributed by atoms with Crippen molar-refractivity contribution in [2.45, 2.75) is 58.4 Å². The molecule has 0 aromatic rings. The van der Waals surface area contributed by atoms with Gasteiger partial charge < -0.3 is 5.32 Å². The molecule has 1 N–H and O–H groups in total. The van der Waals surface area contributed by atoms with Crippen molar-refractivity contribution < 1.29 is 0 Å². The average Bonchev–Trinajstić information content (AvgIpc) is 2.27. The van der Waals surface area contributed by atoms with E-state index in [0.717, 1.165) is 12.0 Å². The van der Waals surface area contributed by atoms with Gasteiger partial charge >= 0.3 is 0 Å². The number of hydrogen-bond donors (Lipinski definition) is 1. The SMILES string of the molecule is CCCC[C@H]1CCC(C)CCN1. The molecular formula is C11H23N. The molecule has 0 radical (unpaired) electrons. The standard InChI is InChI=1S/C11H23N/c1-3-4-5-11-7-6-10(2)8-9-12-11/h10-12H,3-9H2,1-2H3/t10?,11-/m0/s1. The molecule has 1 aliphatic heterocycles. The van der Waals surface area contributed by atoms with E-state index >= 15 is 0 Å². The molecule has 1 heteroatoms. The van der Waals surface area contributed by atoms with Gasteiger partial charge in [-0.2, -0.15) is 0 Å². The molecule has 0 amide bonds. The molecular weight excluding hydrogens is 146 g/mol. The van der Waals surface area contributed by atoms with E-state index in [2.05, 4.69) is 19.2 Å². The third-order valence-corrected chi connectivity index (χ3v) is 2.98. The highest BCUT2D eigenvalue weighted by atomic mass is 14.9. The van der Waals surface area contributed by atoms with E-state index < -0.39 is 0 Å². The summed E-state index contributed by atoms with van der Waals surface area (Å²) >= 11 is 0. The molecule has 12 heavy (non-hydrogen) atoms. The summed E-state index contributed by atoms with van der Waals surface area (Å²) in [4.78, 5) is 0. The van der Waals surface area contributed by atoms with Gasteiger partial charge in [0.2, 0.25) is 0 Å². The monoisotopic (exact) mass is 169 g/mol. The Morgan fingerprint density at radius 1 is 1.25 bits per heavy atom. The minimum atomic E-state index is 0.829. The summed E-state index contributed by atoms with van der Waals surface area (Å²) < 4.78 is 0. The second-order valence-electron chi connectivity index (χ2n) is 4.26. The first-order chi connectivity index (χ1) is 5.83. The fourth-order valence-corrected chi connectivity index (χ4v) is 1.96. The molecule has 1 aliphatic rings. The summed E-state index contributed by atoms with van der Waals surface area (Å²) in [5.74, 6) is 0.948. The number of rotatable bonds is 3. The van der Waals surface area contributed by atoms with Gasteiger partial charge in [-0.3, -0.25) is 0 Å². The molecule has 0 aromatic carbocycles. The molecule has 0 aromatic heterocycles. The molecule has 1 rings (SSSR count). The Morgan fingerprint density at radius 2 is 2.08 bits per heavy atom. The normalized spacial score (nSPS) is 31.5. The van der Waals surface area contributed by atoms with Crippen molar-refractivity contribution in [3.63, 3.8) is 0 Å². The third kappa shape index (κ3) is 3.57. The lowest BCUT2D eigenvalue weighted by Gasteiger charge is -2.14. The van der Waals surface area contributed by atoms with Crippen molar-refractivity contribution in [3.8, 4) is 0 Å². The van der Waals surface area contributed by atoms with E-state index in [4.69, 9.17) is 0 Å². The maximum Gasteiger partial charge on any atom is 0.00671 e. The van der Waals surface area contributed by atoms with Crippen LogP contribution in [0.4, 0.5) is 0 Å². The van der Waals surface area contributed by atoms with Crippen LogP contribution in [0.3, 0.4) is 0 Å². The molecule has 0 spiro atoms. The number of hydrogen-bond acceptors (Lipinski definition) is 1. The first-order valence-corrected chi connectivity index (χ1v) is 5.56. The topological polar surface area (TPSA) is 12.0 Å². The van der Waals surface area contributed by atoms with Gasteiger partial charge in [-0.25, -0.2) is 0 Å². The Balaban J connectivity index is 2.17. The molecule has 0 aliphatic carbocycles. The van der Waals surface area contributed by atoms with E-state index in [9.17, 15) is 0 Å². The Morgan fingerprint density at radius 3 is 2.83 bits per heavy atom. The van der Waals surface area contributed by atoms with Crippen molar-refractivity contribution in [1.29, 1.82) is 0 Å². The summed E-state index contributed by atoms with van der Waals surface area (Å²) in [5, 5.41) is 3.65. The Kier molecular flexibility index (Phi) is 4.67. The molecule has 72 valence electrons. The number of nitrogens with one attached hydrogen (secondary N) is 1. The molecule has 1 saturated heterocycles. The minimum Gasteiger partial charge on any atom is -0.314 e. The molecule has 1 fully saturated rings. The zero-order chi connectivity index (χ0) is 8.81. The van der Waals surface area contributed by atoms with Gasteiger partial charge in [0.25, 0.3) is 0 Å². The van der Waals surface area contributed by atoms with E-state index in [1.54, 1.807) is 0 Å². The van der Waals surface area contributed by atoms with Crippen molar-refractivity contribution in [2.75, 3.05) is 6.54 Å². The quantitative estimate of drug-likeness (QED) is 0.685. The summed E-state index contributed by atoms with van der Waals surface area (Å²) in [5.41, 5.74) is 0. The van der Waals surface area contributed by atoms with Crippen LogP contribution in [0.1, 0.15) is 52.4 Å². The maximum atomic E-state index is 3.65. The highest BCUT2D eigenvalue weighted by Crippen LogP contribution is 2.17. The largest absolute Gasteiger partial charge is 0.314 e. The summed E-state index contributed by atoms with van der Waals surface area (Å²) in [6.07, 6.45) is 8.34.